The van der Waals surface area contributed by atoms with Gasteiger partial charge in [-0.25, -0.2) is 9.78 Å². The number of hydrogen-bond acceptors (Lipinski definition) is 3. The number of imidazole rings is 1. The molecule has 0 unspecified atom stereocenters. The van der Waals surface area contributed by atoms with Crippen LogP contribution < -0.4 is 5.32 Å². The van der Waals surface area contributed by atoms with E-state index in [9.17, 15) is 4.79 Å². The zero-order valence-corrected chi connectivity index (χ0v) is 11.7. The molecule has 2 heterocycles. The van der Waals surface area contributed by atoms with Crippen molar-refractivity contribution >= 4 is 6.03 Å². The molecule has 1 aromatic rings. The van der Waals surface area contributed by atoms with Gasteiger partial charge < -0.3 is 20.1 Å². The van der Waals surface area contributed by atoms with Crippen molar-refractivity contribution in [3.63, 3.8) is 0 Å². The molecule has 1 aromatic heterocycles. The molecule has 106 valence electrons. The Balaban J connectivity index is 1.74. The van der Waals surface area contributed by atoms with Crippen molar-refractivity contribution in [1.82, 2.24) is 25.1 Å². The first kappa shape index (κ1) is 13.9. The number of amides is 2. The lowest BCUT2D eigenvalue weighted by Gasteiger charge is -2.32. The van der Waals surface area contributed by atoms with Crippen LogP contribution in [0.3, 0.4) is 0 Å². The lowest BCUT2D eigenvalue weighted by Crippen LogP contribution is -2.47. The summed E-state index contributed by atoms with van der Waals surface area (Å²) in [7, 11) is 3.91. The highest BCUT2D eigenvalue weighted by Crippen LogP contribution is 2.14. The second kappa shape index (κ2) is 6.56. The zero-order valence-electron chi connectivity index (χ0n) is 11.7. The van der Waals surface area contributed by atoms with Crippen molar-refractivity contribution in [2.24, 2.45) is 0 Å². The Morgan fingerprint density at radius 2 is 2.47 bits per heavy atom. The maximum atomic E-state index is 12.0. The molecule has 1 aliphatic rings. The molecule has 19 heavy (non-hydrogen) atoms. The van der Waals surface area contributed by atoms with Crippen LogP contribution in [0, 0.1) is 0 Å². The number of carbonyl (C=O) groups excluding carboxylic acids is 1. The molecule has 0 aromatic carbocycles. The van der Waals surface area contributed by atoms with Crippen molar-refractivity contribution in [1.29, 1.82) is 0 Å². The highest BCUT2D eigenvalue weighted by atomic mass is 16.2. The van der Waals surface area contributed by atoms with E-state index in [2.05, 4.69) is 27.2 Å². The second-order valence-corrected chi connectivity index (χ2v) is 5.21. The van der Waals surface area contributed by atoms with Gasteiger partial charge in [0.2, 0.25) is 0 Å². The zero-order chi connectivity index (χ0) is 13.7. The Morgan fingerprint density at radius 1 is 1.63 bits per heavy atom. The van der Waals surface area contributed by atoms with E-state index in [0.29, 0.717) is 12.6 Å². The number of hydrogen-bond donors (Lipinski definition) is 2. The maximum Gasteiger partial charge on any atom is 0.317 e. The molecule has 1 fully saturated rings. The largest absolute Gasteiger partial charge is 0.347 e. The average Bonchev–Trinajstić information content (AvgIpc) is 2.90. The molecule has 0 radical (unpaired) electrons. The summed E-state index contributed by atoms with van der Waals surface area (Å²) in [5.41, 5.74) is 0. The molecule has 1 aliphatic heterocycles. The molecule has 2 amide bonds. The molecule has 1 atom stereocenters. The third kappa shape index (κ3) is 3.96. The second-order valence-electron chi connectivity index (χ2n) is 5.21. The van der Waals surface area contributed by atoms with Gasteiger partial charge in [0.05, 0.1) is 6.54 Å². The molecule has 2 N–H and O–H groups in total. The van der Waals surface area contributed by atoms with Crippen LogP contribution in [0.15, 0.2) is 12.4 Å². The Bertz CT molecular complexity index is 392. The minimum Gasteiger partial charge on any atom is -0.347 e. The number of rotatable bonds is 4. The van der Waals surface area contributed by atoms with Crippen molar-refractivity contribution in [3.8, 4) is 0 Å². The van der Waals surface area contributed by atoms with E-state index in [1.54, 1.807) is 24.3 Å². The highest BCUT2D eigenvalue weighted by Gasteiger charge is 2.20. The van der Waals surface area contributed by atoms with Crippen LogP contribution >= 0.6 is 0 Å². The summed E-state index contributed by atoms with van der Waals surface area (Å²) < 4.78 is 0. The summed E-state index contributed by atoms with van der Waals surface area (Å²) in [6.07, 6.45) is 7.14. The molecule has 0 bridgehead atoms. The van der Waals surface area contributed by atoms with E-state index in [0.717, 1.165) is 18.9 Å². The summed E-state index contributed by atoms with van der Waals surface area (Å²) in [5.74, 6) is 0.799. The molecule has 6 nitrogen and oxygen atoms in total. The Kier molecular flexibility index (Phi) is 4.79. The van der Waals surface area contributed by atoms with E-state index >= 15 is 0 Å². The fraction of sp³-hybridized carbons (Fsp3) is 0.692. The molecular formula is C13H23N5O. The van der Waals surface area contributed by atoms with Crippen molar-refractivity contribution in [2.75, 3.05) is 27.2 Å². The number of aromatic nitrogens is 2. The minimum absolute atomic E-state index is 0.0460. The average molecular weight is 265 g/mol. The Hall–Kier alpha value is -1.56. The minimum atomic E-state index is -0.0460. The van der Waals surface area contributed by atoms with Crippen molar-refractivity contribution < 1.29 is 4.79 Å². The van der Waals surface area contributed by atoms with Crippen LogP contribution in [0.25, 0.3) is 0 Å². The lowest BCUT2D eigenvalue weighted by atomic mass is 10.0. The van der Waals surface area contributed by atoms with E-state index in [4.69, 9.17) is 0 Å². The third-order valence-corrected chi connectivity index (χ3v) is 3.70. The summed E-state index contributed by atoms with van der Waals surface area (Å²) in [6, 6.07) is 0.421. The van der Waals surface area contributed by atoms with Gasteiger partial charge in [-0.1, -0.05) is 6.42 Å². The number of carbonyl (C=O) groups is 1. The smallest absolute Gasteiger partial charge is 0.317 e. The number of urea groups is 1. The number of piperidine rings is 1. The Labute approximate surface area is 114 Å². The van der Waals surface area contributed by atoms with E-state index in [-0.39, 0.29) is 6.03 Å². The molecular weight excluding hydrogens is 242 g/mol. The third-order valence-electron chi connectivity index (χ3n) is 3.70. The van der Waals surface area contributed by atoms with Crippen LogP contribution in [0.4, 0.5) is 4.79 Å². The fourth-order valence-electron chi connectivity index (χ4n) is 2.42. The van der Waals surface area contributed by atoms with Gasteiger partial charge in [0, 0.05) is 32.0 Å². The maximum absolute atomic E-state index is 12.0. The van der Waals surface area contributed by atoms with Gasteiger partial charge in [0.1, 0.15) is 5.82 Å². The van der Waals surface area contributed by atoms with E-state index in [1.165, 1.54) is 19.3 Å². The molecule has 6 heteroatoms. The summed E-state index contributed by atoms with van der Waals surface area (Å²) in [5, 5.41) is 3.00. The molecule has 1 saturated heterocycles. The van der Waals surface area contributed by atoms with Crippen LogP contribution in [-0.2, 0) is 6.54 Å². The van der Waals surface area contributed by atoms with Gasteiger partial charge in [-0.3, -0.25) is 0 Å². The predicted molar refractivity (Wildman–Crippen MR) is 73.7 cm³/mol. The number of nitrogens with one attached hydrogen (secondary N) is 2. The van der Waals surface area contributed by atoms with Gasteiger partial charge in [-0.15, -0.1) is 0 Å². The molecule has 0 saturated carbocycles. The van der Waals surface area contributed by atoms with E-state index in [1.807, 2.05) is 0 Å². The topological polar surface area (TPSA) is 64.3 Å². The van der Waals surface area contributed by atoms with Crippen molar-refractivity contribution in [3.05, 3.63) is 18.2 Å². The highest BCUT2D eigenvalue weighted by molar-refractivity contribution is 5.73. The molecule has 2 rings (SSSR count). The number of H-pyrrole nitrogens is 1. The summed E-state index contributed by atoms with van der Waals surface area (Å²) >= 11 is 0. The van der Waals surface area contributed by atoms with Gasteiger partial charge >= 0.3 is 6.03 Å². The van der Waals surface area contributed by atoms with Gasteiger partial charge in [-0.05, 0) is 26.4 Å². The van der Waals surface area contributed by atoms with Gasteiger partial charge in [0.25, 0.3) is 0 Å². The van der Waals surface area contributed by atoms with Crippen LogP contribution in [-0.4, -0.2) is 59.0 Å². The summed E-state index contributed by atoms with van der Waals surface area (Å²) in [6.45, 7) is 2.35. The first-order valence-electron chi connectivity index (χ1n) is 6.84. The number of likely N-dealkylation sites (tertiary alicyclic amines) is 1. The monoisotopic (exact) mass is 265 g/mol. The molecule has 0 aliphatic carbocycles. The van der Waals surface area contributed by atoms with E-state index < -0.39 is 0 Å². The SMILES string of the molecule is CN(Cc1ncc[nH]1)C(=O)NC[C@H]1CCCCN1C. The lowest BCUT2D eigenvalue weighted by molar-refractivity contribution is 0.171. The Morgan fingerprint density at radius 3 is 3.16 bits per heavy atom. The normalized spacial score (nSPS) is 20.2. The van der Waals surface area contributed by atoms with Gasteiger partial charge in [0.15, 0.2) is 0 Å². The summed E-state index contributed by atoms with van der Waals surface area (Å²) in [4.78, 5) is 23.1. The van der Waals surface area contributed by atoms with Gasteiger partial charge in [-0.2, -0.15) is 0 Å². The quantitative estimate of drug-likeness (QED) is 0.855. The predicted octanol–water partition coefficient (Wildman–Crippen LogP) is 1.04. The van der Waals surface area contributed by atoms with Crippen LogP contribution in [0.1, 0.15) is 25.1 Å². The number of nitrogens with zero attached hydrogens (tertiary/aromatic N) is 3. The van der Waals surface area contributed by atoms with Crippen molar-refractivity contribution in [2.45, 2.75) is 31.8 Å². The van der Waals surface area contributed by atoms with Crippen LogP contribution in [0.5, 0.6) is 0 Å². The first-order chi connectivity index (χ1) is 9.16. The standard InChI is InChI=1S/C13H23N5O/c1-17-8-4-3-5-11(17)9-16-13(19)18(2)10-12-14-6-7-15-12/h6-7,11H,3-5,8-10H2,1-2H3,(H,14,15)(H,16,19)/t11-/m1/s1. The first-order valence-corrected chi connectivity index (χ1v) is 6.84. The number of likely N-dealkylation sites (N-methyl/N-ethyl adjacent to an activating group) is 1. The van der Waals surface area contributed by atoms with Crippen LogP contribution in [0.2, 0.25) is 0 Å². The fourth-order valence-corrected chi connectivity index (χ4v) is 2.42. The number of aromatic amines is 1. The molecule has 0 spiro atoms.